The summed E-state index contributed by atoms with van der Waals surface area (Å²) in [5, 5.41) is 13.2. The molecule has 17 heavy (non-hydrogen) atoms. The summed E-state index contributed by atoms with van der Waals surface area (Å²) in [6.07, 6.45) is 0. The van der Waals surface area contributed by atoms with Gasteiger partial charge in [0.15, 0.2) is 0 Å². The Kier molecular flexibility index (Phi) is 3.15. The highest BCUT2D eigenvalue weighted by Crippen LogP contribution is 2.27. The number of aliphatic hydroxyl groups is 1. The lowest BCUT2D eigenvalue weighted by atomic mass is 10.0. The number of para-hydroxylation sites is 1. The summed E-state index contributed by atoms with van der Waals surface area (Å²) in [6, 6.07) is 7.51. The molecule has 4 nitrogen and oxygen atoms in total. The summed E-state index contributed by atoms with van der Waals surface area (Å²) in [7, 11) is 0. The van der Waals surface area contributed by atoms with E-state index in [0.29, 0.717) is 0 Å². The average Bonchev–Trinajstić information content (AvgIpc) is 2.62. The minimum Gasteiger partial charge on any atom is -0.394 e. The van der Waals surface area contributed by atoms with Gasteiger partial charge in [-0.15, -0.1) is 0 Å². The number of fused-ring (bicyclic) bond motifs is 1. The number of aliphatic hydroxyl groups excluding tert-OH is 1. The van der Waals surface area contributed by atoms with Crippen LogP contribution in [0.25, 0.3) is 10.9 Å². The largest absolute Gasteiger partial charge is 0.394 e. The topological polar surface area (TPSA) is 65.1 Å². The molecule has 1 heterocycles. The fourth-order valence-corrected chi connectivity index (χ4v) is 2.20. The first-order chi connectivity index (χ1) is 8.13. The molecule has 2 aromatic rings. The van der Waals surface area contributed by atoms with E-state index < -0.39 is 0 Å². The second-order valence-electron chi connectivity index (χ2n) is 4.14. The fourth-order valence-electron chi connectivity index (χ4n) is 2.20. The first kappa shape index (κ1) is 11.7. The van der Waals surface area contributed by atoms with E-state index >= 15 is 0 Å². The number of aromatic nitrogens is 1. The van der Waals surface area contributed by atoms with E-state index in [1.807, 2.05) is 31.2 Å². The Morgan fingerprint density at radius 2 is 2.18 bits per heavy atom. The summed E-state index contributed by atoms with van der Waals surface area (Å²) in [4.78, 5) is 14.4. The second-order valence-corrected chi connectivity index (χ2v) is 4.14. The molecule has 2 rings (SSSR count). The van der Waals surface area contributed by atoms with E-state index in [0.717, 1.165) is 22.2 Å². The Morgan fingerprint density at radius 1 is 1.47 bits per heavy atom. The van der Waals surface area contributed by atoms with Crippen LogP contribution in [0.2, 0.25) is 0 Å². The van der Waals surface area contributed by atoms with Crippen molar-refractivity contribution >= 4 is 16.8 Å². The monoisotopic (exact) mass is 232 g/mol. The molecule has 0 radical (unpaired) electrons. The van der Waals surface area contributed by atoms with Crippen LogP contribution in [0.3, 0.4) is 0 Å². The van der Waals surface area contributed by atoms with E-state index in [4.69, 9.17) is 0 Å². The third-order valence-corrected chi connectivity index (χ3v) is 2.85. The molecule has 0 saturated heterocycles. The molecule has 1 unspecified atom stereocenters. The Balaban J connectivity index is 2.52. The Bertz CT molecular complexity index is 545. The SMILES string of the molecule is CC(=O)NC(CO)c1c(C)[nH]c2ccccc12. The molecule has 0 aliphatic carbocycles. The van der Waals surface area contributed by atoms with Gasteiger partial charge < -0.3 is 15.4 Å². The van der Waals surface area contributed by atoms with Crippen molar-refractivity contribution in [3.05, 3.63) is 35.5 Å². The summed E-state index contributed by atoms with van der Waals surface area (Å²) in [5.41, 5.74) is 2.95. The lowest BCUT2D eigenvalue weighted by Gasteiger charge is -2.15. The second kappa shape index (κ2) is 4.59. The maximum Gasteiger partial charge on any atom is 0.217 e. The summed E-state index contributed by atoms with van der Waals surface area (Å²) < 4.78 is 0. The highest BCUT2D eigenvalue weighted by atomic mass is 16.3. The van der Waals surface area contributed by atoms with Gasteiger partial charge in [0.2, 0.25) is 5.91 Å². The molecule has 4 heteroatoms. The van der Waals surface area contributed by atoms with Gasteiger partial charge in [0.05, 0.1) is 12.6 Å². The lowest BCUT2D eigenvalue weighted by Crippen LogP contribution is -2.28. The predicted molar refractivity (Wildman–Crippen MR) is 66.7 cm³/mol. The summed E-state index contributed by atoms with van der Waals surface area (Å²) >= 11 is 0. The van der Waals surface area contributed by atoms with Crippen molar-refractivity contribution < 1.29 is 9.90 Å². The number of H-pyrrole nitrogens is 1. The van der Waals surface area contributed by atoms with Crippen LogP contribution in [0, 0.1) is 6.92 Å². The molecule has 1 amide bonds. The van der Waals surface area contributed by atoms with Crippen molar-refractivity contribution in [3.63, 3.8) is 0 Å². The van der Waals surface area contributed by atoms with Crippen LogP contribution < -0.4 is 5.32 Å². The van der Waals surface area contributed by atoms with E-state index in [1.54, 1.807) is 0 Å². The molecule has 90 valence electrons. The van der Waals surface area contributed by atoms with Crippen LogP contribution in [-0.4, -0.2) is 22.6 Å². The van der Waals surface area contributed by atoms with Crippen molar-refractivity contribution in [2.24, 2.45) is 0 Å². The molecule has 0 aliphatic heterocycles. The van der Waals surface area contributed by atoms with Crippen LogP contribution >= 0.6 is 0 Å². The lowest BCUT2D eigenvalue weighted by molar-refractivity contribution is -0.120. The smallest absolute Gasteiger partial charge is 0.217 e. The van der Waals surface area contributed by atoms with Crippen LogP contribution in [0.4, 0.5) is 0 Å². The van der Waals surface area contributed by atoms with Crippen LogP contribution in [0.5, 0.6) is 0 Å². The molecule has 3 N–H and O–H groups in total. The fraction of sp³-hybridized carbons (Fsp3) is 0.308. The number of benzene rings is 1. The predicted octanol–water partition coefficient (Wildman–Crippen LogP) is 1.65. The van der Waals surface area contributed by atoms with Crippen molar-refractivity contribution in [2.75, 3.05) is 6.61 Å². The Morgan fingerprint density at radius 3 is 2.82 bits per heavy atom. The summed E-state index contributed by atoms with van der Waals surface area (Å²) in [6.45, 7) is 3.29. The van der Waals surface area contributed by atoms with Crippen LogP contribution in [-0.2, 0) is 4.79 Å². The average molecular weight is 232 g/mol. The zero-order valence-corrected chi connectivity index (χ0v) is 9.95. The summed E-state index contributed by atoms with van der Waals surface area (Å²) in [5.74, 6) is -0.145. The minimum absolute atomic E-state index is 0.109. The van der Waals surface area contributed by atoms with Gasteiger partial charge in [-0.1, -0.05) is 18.2 Å². The number of hydrogen-bond donors (Lipinski definition) is 3. The number of aromatic amines is 1. The minimum atomic E-state index is -0.358. The van der Waals surface area contributed by atoms with Crippen LogP contribution in [0.15, 0.2) is 24.3 Å². The van der Waals surface area contributed by atoms with Crippen molar-refractivity contribution in [1.29, 1.82) is 0 Å². The van der Waals surface area contributed by atoms with Gasteiger partial charge in [0.1, 0.15) is 0 Å². The highest BCUT2D eigenvalue weighted by molar-refractivity contribution is 5.86. The molecule has 1 aromatic heterocycles. The first-order valence-electron chi connectivity index (χ1n) is 5.58. The number of amides is 1. The highest BCUT2D eigenvalue weighted by Gasteiger charge is 2.18. The number of hydrogen-bond acceptors (Lipinski definition) is 2. The number of carbonyl (C=O) groups excluding carboxylic acids is 1. The zero-order chi connectivity index (χ0) is 12.4. The molecule has 1 atom stereocenters. The normalized spacial score (nSPS) is 12.6. The Hall–Kier alpha value is -1.81. The van der Waals surface area contributed by atoms with Gasteiger partial charge in [-0.25, -0.2) is 0 Å². The molecule has 0 aliphatic rings. The van der Waals surface area contributed by atoms with Gasteiger partial charge in [-0.2, -0.15) is 0 Å². The number of aryl methyl sites for hydroxylation is 1. The standard InChI is InChI=1S/C13H16N2O2/c1-8-13(12(7-16)15-9(2)17)10-5-3-4-6-11(10)14-8/h3-6,12,14,16H,7H2,1-2H3,(H,15,17). The first-order valence-corrected chi connectivity index (χ1v) is 5.58. The van der Waals surface area contributed by atoms with Crippen molar-refractivity contribution in [3.8, 4) is 0 Å². The van der Waals surface area contributed by atoms with E-state index in [-0.39, 0.29) is 18.6 Å². The van der Waals surface area contributed by atoms with E-state index in [1.165, 1.54) is 6.92 Å². The third kappa shape index (κ3) is 2.17. The molecular weight excluding hydrogens is 216 g/mol. The van der Waals surface area contributed by atoms with Gasteiger partial charge in [-0.3, -0.25) is 4.79 Å². The van der Waals surface area contributed by atoms with E-state index in [2.05, 4.69) is 10.3 Å². The molecule has 0 spiro atoms. The quantitative estimate of drug-likeness (QED) is 0.753. The Labute approximate surface area is 99.7 Å². The molecule has 0 saturated carbocycles. The number of carbonyl (C=O) groups is 1. The van der Waals surface area contributed by atoms with Crippen molar-refractivity contribution in [1.82, 2.24) is 10.3 Å². The maximum absolute atomic E-state index is 11.1. The van der Waals surface area contributed by atoms with Crippen molar-refractivity contribution in [2.45, 2.75) is 19.9 Å². The third-order valence-electron chi connectivity index (χ3n) is 2.85. The maximum atomic E-state index is 11.1. The van der Waals surface area contributed by atoms with Gasteiger partial charge in [0, 0.05) is 29.1 Å². The van der Waals surface area contributed by atoms with Crippen LogP contribution in [0.1, 0.15) is 24.2 Å². The molecular formula is C13H16N2O2. The van der Waals surface area contributed by atoms with Gasteiger partial charge >= 0.3 is 0 Å². The number of nitrogens with one attached hydrogen (secondary N) is 2. The molecule has 0 bridgehead atoms. The van der Waals surface area contributed by atoms with E-state index in [9.17, 15) is 9.90 Å². The molecule has 0 fully saturated rings. The number of rotatable bonds is 3. The zero-order valence-electron chi connectivity index (χ0n) is 9.95. The van der Waals surface area contributed by atoms with Gasteiger partial charge in [-0.05, 0) is 13.0 Å². The molecule has 1 aromatic carbocycles. The van der Waals surface area contributed by atoms with Gasteiger partial charge in [0.25, 0.3) is 0 Å².